The molecule has 0 unspecified atom stereocenters. The van der Waals surface area contributed by atoms with Crippen LogP contribution < -0.4 is 0 Å². The van der Waals surface area contributed by atoms with E-state index in [1.807, 2.05) is 0 Å². The second-order valence-corrected chi connectivity index (χ2v) is 8.94. The van der Waals surface area contributed by atoms with Gasteiger partial charge in [0.25, 0.3) is 0 Å². The summed E-state index contributed by atoms with van der Waals surface area (Å²) in [6.45, 7) is 2.57. The van der Waals surface area contributed by atoms with E-state index in [1.165, 1.54) is 4.31 Å². The Morgan fingerprint density at radius 3 is 2.00 bits per heavy atom. The molecule has 0 N–H and O–H groups in total. The molecule has 0 atom stereocenters. The highest BCUT2D eigenvalue weighted by atomic mass is 35.5. The van der Waals surface area contributed by atoms with Gasteiger partial charge in [-0.2, -0.15) is 4.31 Å². The topological polar surface area (TPSA) is 74.8 Å². The minimum absolute atomic E-state index is 0.328. The van der Waals surface area contributed by atoms with Gasteiger partial charge in [-0.15, -0.1) is 11.6 Å². The summed E-state index contributed by atoms with van der Waals surface area (Å²) in [5, 5.41) is -0.810. The standard InChI is InChI=1S/C8H17ClN2O4S2/c1-16(12,13)8-17(14,15)11-6-4-10(3-2-9)5-7-11/h2-8H2,1H3. The van der Waals surface area contributed by atoms with E-state index in [0.29, 0.717) is 32.1 Å². The molecule has 102 valence electrons. The van der Waals surface area contributed by atoms with E-state index in [0.717, 1.165) is 12.8 Å². The molecule has 17 heavy (non-hydrogen) atoms. The lowest BCUT2D eigenvalue weighted by atomic mass is 10.4. The zero-order valence-corrected chi connectivity index (χ0v) is 12.1. The number of hydrogen-bond acceptors (Lipinski definition) is 5. The third-order valence-electron chi connectivity index (χ3n) is 2.49. The lowest BCUT2D eigenvalue weighted by Gasteiger charge is -2.33. The number of alkyl halides is 1. The van der Waals surface area contributed by atoms with Crippen LogP contribution in [0.4, 0.5) is 0 Å². The Morgan fingerprint density at radius 2 is 1.59 bits per heavy atom. The molecule has 0 spiro atoms. The van der Waals surface area contributed by atoms with Gasteiger partial charge in [-0.3, -0.25) is 4.90 Å². The first-order valence-corrected chi connectivity index (χ1v) is 9.39. The van der Waals surface area contributed by atoms with Gasteiger partial charge in [0.15, 0.2) is 14.9 Å². The Bertz CT molecular complexity index is 440. The van der Waals surface area contributed by atoms with Crippen molar-refractivity contribution < 1.29 is 16.8 Å². The van der Waals surface area contributed by atoms with E-state index in [9.17, 15) is 16.8 Å². The highest BCUT2D eigenvalue weighted by molar-refractivity contribution is 8.06. The third-order valence-corrected chi connectivity index (χ3v) is 6.71. The van der Waals surface area contributed by atoms with Crippen LogP contribution >= 0.6 is 11.6 Å². The summed E-state index contributed by atoms with van der Waals surface area (Å²) in [5.41, 5.74) is 0. The molecule has 1 rings (SSSR count). The molecule has 1 heterocycles. The lowest BCUT2D eigenvalue weighted by Crippen LogP contribution is -2.50. The van der Waals surface area contributed by atoms with E-state index in [2.05, 4.69) is 4.90 Å². The van der Waals surface area contributed by atoms with E-state index >= 15 is 0 Å². The molecule has 0 aromatic carbocycles. The van der Waals surface area contributed by atoms with E-state index < -0.39 is 24.9 Å². The SMILES string of the molecule is CS(=O)(=O)CS(=O)(=O)N1CCN(CCCl)CC1. The first-order valence-electron chi connectivity index (χ1n) is 5.18. The highest BCUT2D eigenvalue weighted by Crippen LogP contribution is 2.09. The average Bonchev–Trinajstić information content (AvgIpc) is 2.15. The van der Waals surface area contributed by atoms with Crippen LogP contribution in [0.5, 0.6) is 0 Å². The smallest absolute Gasteiger partial charge is 0.228 e. The van der Waals surface area contributed by atoms with Crippen molar-refractivity contribution in [3.63, 3.8) is 0 Å². The lowest BCUT2D eigenvalue weighted by molar-refractivity contribution is 0.198. The van der Waals surface area contributed by atoms with Gasteiger partial charge in [-0.1, -0.05) is 0 Å². The van der Waals surface area contributed by atoms with Gasteiger partial charge in [0.2, 0.25) is 10.0 Å². The van der Waals surface area contributed by atoms with E-state index in [4.69, 9.17) is 11.6 Å². The molecule has 0 radical (unpaired) electrons. The zero-order valence-electron chi connectivity index (χ0n) is 9.67. The Balaban J connectivity index is 2.59. The summed E-state index contributed by atoms with van der Waals surface area (Å²) in [4.78, 5) is 2.06. The molecular weight excluding hydrogens is 288 g/mol. The second-order valence-electron chi connectivity index (χ2n) is 4.09. The summed E-state index contributed by atoms with van der Waals surface area (Å²) in [6, 6.07) is 0. The van der Waals surface area contributed by atoms with Gasteiger partial charge in [0, 0.05) is 44.9 Å². The third kappa shape index (κ3) is 5.09. The Morgan fingerprint density at radius 1 is 1.06 bits per heavy atom. The first-order chi connectivity index (χ1) is 7.74. The number of rotatable bonds is 5. The van der Waals surface area contributed by atoms with Crippen molar-refractivity contribution >= 4 is 31.5 Å². The Hall–Kier alpha value is 0.110. The molecule has 0 aliphatic carbocycles. The monoisotopic (exact) mass is 304 g/mol. The quantitative estimate of drug-likeness (QED) is 0.620. The van der Waals surface area contributed by atoms with Crippen molar-refractivity contribution in [2.45, 2.75) is 0 Å². The number of nitrogens with zero attached hydrogens (tertiary/aromatic N) is 2. The van der Waals surface area contributed by atoms with Crippen LogP contribution in [0.1, 0.15) is 0 Å². The predicted octanol–water partition coefficient (Wildman–Crippen LogP) is -0.825. The van der Waals surface area contributed by atoms with Crippen molar-refractivity contribution in [1.82, 2.24) is 9.21 Å². The molecule has 0 saturated carbocycles. The summed E-state index contributed by atoms with van der Waals surface area (Å²) in [7, 11) is -7.21. The molecule has 1 fully saturated rings. The fourth-order valence-corrected chi connectivity index (χ4v) is 5.42. The maximum atomic E-state index is 11.8. The van der Waals surface area contributed by atoms with Gasteiger partial charge in [0.05, 0.1) is 0 Å². The van der Waals surface area contributed by atoms with E-state index in [-0.39, 0.29) is 0 Å². The number of hydrogen-bond donors (Lipinski definition) is 0. The van der Waals surface area contributed by atoms with Crippen LogP contribution in [-0.4, -0.2) is 76.0 Å². The summed E-state index contributed by atoms with van der Waals surface area (Å²) < 4.78 is 46.8. The van der Waals surface area contributed by atoms with Gasteiger partial charge in [-0.05, 0) is 0 Å². The molecule has 1 aliphatic rings. The van der Waals surface area contributed by atoms with Crippen LogP contribution in [0.15, 0.2) is 0 Å². The van der Waals surface area contributed by atoms with Gasteiger partial charge >= 0.3 is 0 Å². The molecular formula is C8H17ClN2O4S2. The molecule has 1 aliphatic heterocycles. The molecule has 6 nitrogen and oxygen atoms in total. The maximum absolute atomic E-state index is 11.8. The molecule has 1 saturated heterocycles. The molecule has 9 heteroatoms. The predicted molar refractivity (Wildman–Crippen MR) is 67.4 cm³/mol. The van der Waals surface area contributed by atoms with Crippen molar-refractivity contribution in [2.75, 3.05) is 49.9 Å². The van der Waals surface area contributed by atoms with Gasteiger partial charge in [0.1, 0.15) is 0 Å². The normalized spacial score (nSPS) is 20.6. The van der Waals surface area contributed by atoms with Crippen molar-refractivity contribution in [1.29, 1.82) is 0 Å². The largest absolute Gasteiger partial charge is 0.300 e. The molecule has 0 aromatic heterocycles. The maximum Gasteiger partial charge on any atom is 0.228 e. The van der Waals surface area contributed by atoms with Crippen LogP contribution in [0, 0.1) is 0 Å². The molecule has 0 bridgehead atoms. The van der Waals surface area contributed by atoms with Crippen LogP contribution in [0.3, 0.4) is 0 Å². The minimum Gasteiger partial charge on any atom is -0.300 e. The Kier molecular flexibility index (Phi) is 5.21. The molecule has 0 aromatic rings. The Labute approximate surface area is 107 Å². The number of sulfonamides is 1. The van der Waals surface area contributed by atoms with Gasteiger partial charge < -0.3 is 0 Å². The summed E-state index contributed by atoms with van der Waals surface area (Å²) in [6.07, 6.45) is 0.925. The van der Waals surface area contributed by atoms with Crippen LogP contribution in [0.25, 0.3) is 0 Å². The fraction of sp³-hybridized carbons (Fsp3) is 1.00. The number of piperazine rings is 1. The van der Waals surface area contributed by atoms with Crippen LogP contribution in [0.2, 0.25) is 0 Å². The van der Waals surface area contributed by atoms with E-state index in [1.54, 1.807) is 0 Å². The number of sulfone groups is 1. The molecule has 0 amide bonds. The highest BCUT2D eigenvalue weighted by Gasteiger charge is 2.29. The van der Waals surface area contributed by atoms with Crippen LogP contribution in [-0.2, 0) is 19.9 Å². The van der Waals surface area contributed by atoms with Crippen molar-refractivity contribution in [3.8, 4) is 0 Å². The second kappa shape index (κ2) is 5.83. The number of halogens is 1. The fourth-order valence-electron chi connectivity index (χ4n) is 1.70. The first kappa shape index (κ1) is 15.2. The summed E-state index contributed by atoms with van der Waals surface area (Å²) in [5.74, 6) is 0.510. The van der Waals surface area contributed by atoms with Crippen molar-refractivity contribution in [3.05, 3.63) is 0 Å². The average molecular weight is 305 g/mol. The van der Waals surface area contributed by atoms with Gasteiger partial charge in [-0.25, -0.2) is 16.8 Å². The summed E-state index contributed by atoms with van der Waals surface area (Å²) >= 11 is 5.60. The van der Waals surface area contributed by atoms with Crippen molar-refractivity contribution in [2.24, 2.45) is 0 Å². The zero-order chi connectivity index (χ0) is 13.1. The minimum atomic E-state index is -3.69.